The van der Waals surface area contributed by atoms with Crippen LogP contribution >= 0.6 is 0 Å². The van der Waals surface area contributed by atoms with Crippen LogP contribution in [0.1, 0.15) is 70.5 Å². The van der Waals surface area contributed by atoms with Crippen LogP contribution in [0, 0.1) is 6.92 Å². The van der Waals surface area contributed by atoms with Crippen molar-refractivity contribution < 1.29 is 9.59 Å². The van der Waals surface area contributed by atoms with Crippen molar-refractivity contribution in [3.63, 3.8) is 0 Å². The Kier molecular flexibility index (Phi) is 3.88. The topological polar surface area (TPSA) is 37.4 Å². The molecule has 138 valence electrons. The first-order chi connectivity index (χ1) is 12.7. The number of ketones is 2. The van der Waals surface area contributed by atoms with E-state index in [-0.39, 0.29) is 22.7 Å². The van der Waals surface area contributed by atoms with Gasteiger partial charge in [-0.1, -0.05) is 31.2 Å². The van der Waals surface area contributed by atoms with Crippen molar-refractivity contribution in [2.45, 2.75) is 45.6 Å². The van der Waals surface area contributed by atoms with E-state index < -0.39 is 0 Å². The molecular weight excluding hydrogens is 334 g/mol. The monoisotopic (exact) mass is 359 g/mol. The molecule has 0 fully saturated rings. The lowest BCUT2D eigenvalue weighted by atomic mass is 9.79. The molecule has 1 aliphatic carbocycles. The highest BCUT2D eigenvalue weighted by Crippen LogP contribution is 2.43. The molecule has 2 aromatic carbocycles. The molecule has 2 aliphatic rings. The number of rotatable bonds is 1. The minimum atomic E-state index is -0.168. The zero-order chi connectivity index (χ0) is 19.5. The Morgan fingerprint density at radius 2 is 1.67 bits per heavy atom. The summed E-state index contributed by atoms with van der Waals surface area (Å²) in [6.07, 6.45) is 2.85. The molecule has 0 aromatic heterocycles. The number of nitrogens with zero attached hydrogens (tertiary/aromatic N) is 1. The molecule has 0 saturated heterocycles. The van der Waals surface area contributed by atoms with Crippen molar-refractivity contribution >= 4 is 23.3 Å². The third-order valence-corrected chi connectivity index (χ3v) is 6.23. The Morgan fingerprint density at radius 3 is 2.26 bits per heavy atom. The van der Waals surface area contributed by atoms with Crippen molar-refractivity contribution in [2.75, 3.05) is 11.9 Å². The maximum atomic E-state index is 12.7. The summed E-state index contributed by atoms with van der Waals surface area (Å²) in [6.45, 7) is 8.83. The fourth-order valence-corrected chi connectivity index (χ4v) is 4.45. The fraction of sp³-hybridized carbons (Fsp3) is 0.333. The highest BCUT2D eigenvalue weighted by Gasteiger charge is 2.35. The summed E-state index contributed by atoms with van der Waals surface area (Å²) in [5.74, 6) is 0.0918. The molecule has 0 saturated carbocycles. The van der Waals surface area contributed by atoms with Gasteiger partial charge in [-0.2, -0.15) is 0 Å². The highest BCUT2D eigenvalue weighted by atomic mass is 16.2. The van der Waals surface area contributed by atoms with Gasteiger partial charge in [0.1, 0.15) is 0 Å². The molecule has 0 amide bonds. The summed E-state index contributed by atoms with van der Waals surface area (Å²) in [7, 11) is 2.14. The second kappa shape index (κ2) is 5.91. The van der Waals surface area contributed by atoms with E-state index in [0.717, 1.165) is 17.5 Å². The Balaban J connectivity index is 1.81. The van der Waals surface area contributed by atoms with Crippen molar-refractivity contribution in [3.8, 4) is 0 Å². The van der Waals surface area contributed by atoms with E-state index in [2.05, 4.69) is 44.9 Å². The van der Waals surface area contributed by atoms with Crippen LogP contribution in [-0.4, -0.2) is 24.2 Å². The summed E-state index contributed by atoms with van der Waals surface area (Å²) in [6, 6.07) is 11.4. The van der Waals surface area contributed by atoms with Crippen LogP contribution in [0.3, 0.4) is 0 Å². The molecular formula is C24H25NO2. The zero-order valence-corrected chi connectivity index (χ0v) is 16.6. The smallest absolute Gasteiger partial charge is 0.197 e. The standard InChI is InChI=1S/C24H25NO2/c1-14-10-21-19(15(2)13-24(3,4)25(21)5)11-16(14)12-20-22(26)17-8-6-7-9-18(17)23(20)27/h6-12,15H,13H2,1-5H3/t15-/m0/s1. The van der Waals surface area contributed by atoms with Crippen LogP contribution in [0.25, 0.3) is 6.08 Å². The first kappa shape index (κ1) is 17.7. The Labute approximate surface area is 160 Å². The molecule has 1 heterocycles. The van der Waals surface area contributed by atoms with Gasteiger partial charge in [0, 0.05) is 29.4 Å². The second-order valence-corrected chi connectivity index (χ2v) is 8.51. The van der Waals surface area contributed by atoms with Crippen LogP contribution < -0.4 is 4.90 Å². The minimum Gasteiger partial charge on any atom is -0.369 e. The van der Waals surface area contributed by atoms with Gasteiger partial charge < -0.3 is 4.90 Å². The van der Waals surface area contributed by atoms with E-state index in [9.17, 15) is 9.59 Å². The molecule has 0 bridgehead atoms. The predicted octanol–water partition coefficient (Wildman–Crippen LogP) is 5.18. The average molecular weight is 359 g/mol. The number of benzene rings is 2. The fourth-order valence-electron chi connectivity index (χ4n) is 4.45. The van der Waals surface area contributed by atoms with E-state index in [4.69, 9.17) is 0 Å². The molecule has 1 aliphatic heterocycles. The van der Waals surface area contributed by atoms with Gasteiger partial charge in [0.05, 0.1) is 5.57 Å². The number of hydrogen-bond donors (Lipinski definition) is 0. The average Bonchev–Trinajstić information content (AvgIpc) is 2.86. The summed E-state index contributed by atoms with van der Waals surface area (Å²) in [4.78, 5) is 27.8. The normalized spacial score (nSPS) is 20.6. The summed E-state index contributed by atoms with van der Waals surface area (Å²) in [5.41, 5.74) is 5.97. The van der Waals surface area contributed by atoms with E-state index in [1.54, 1.807) is 30.3 Å². The van der Waals surface area contributed by atoms with Crippen LogP contribution in [0.5, 0.6) is 0 Å². The maximum absolute atomic E-state index is 12.7. The molecule has 1 atom stereocenters. The number of carbonyl (C=O) groups is 2. The van der Waals surface area contributed by atoms with E-state index in [0.29, 0.717) is 17.0 Å². The molecule has 0 unspecified atom stereocenters. The van der Waals surface area contributed by atoms with Gasteiger partial charge in [-0.3, -0.25) is 9.59 Å². The van der Waals surface area contributed by atoms with Crippen molar-refractivity contribution in [3.05, 3.63) is 69.8 Å². The molecule has 0 N–H and O–H groups in total. The third-order valence-electron chi connectivity index (χ3n) is 6.23. The number of allylic oxidation sites excluding steroid dienone is 1. The van der Waals surface area contributed by atoms with Crippen LogP contribution in [0.4, 0.5) is 5.69 Å². The predicted molar refractivity (Wildman–Crippen MR) is 110 cm³/mol. The minimum absolute atomic E-state index is 0.109. The molecule has 27 heavy (non-hydrogen) atoms. The van der Waals surface area contributed by atoms with Gasteiger partial charge in [-0.15, -0.1) is 0 Å². The van der Waals surface area contributed by atoms with E-state index >= 15 is 0 Å². The SMILES string of the molecule is Cc1cc2c(cc1C=C1C(=O)c3ccccc3C1=O)[C@@H](C)CC(C)(C)N2C. The van der Waals surface area contributed by atoms with Gasteiger partial charge in [0.2, 0.25) is 0 Å². The van der Waals surface area contributed by atoms with Crippen LogP contribution in [-0.2, 0) is 0 Å². The first-order valence-corrected chi connectivity index (χ1v) is 9.49. The number of anilines is 1. The Bertz CT molecular complexity index is 976. The van der Waals surface area contributed by atoms with E-state index in [1.165, 1.54) is 11.3 Å². The quantitative estimate of drug-likeness (QED) is 0.520. The maximum Gasteiger partial charge on any atom is 0.197 e. The third kappa shape index (κ3) is 2.64. The van der Waals surface area contributed by atoms with Crippen LogP contribution in [0.2, 0.25) is 0 Å². The second-order valence-electron chi connectivity index (χ2n) is 8.51. The van der Waals surface area contributed by atoms with Gasteiger partial charge in [0.25, 0.3) is 0 Å². The molecule has 0 radical (unpaired) electrons. The Hall–Kier alpha value is -2.68. The summed E-state index contributed by atoms with van der Waals surface area (Å²) >= 11 is 0. The van der Waals surface area contributed by atoms with Crippen molar-refractivity contribution in [1.82, 2.24) is 0 Å². The van der Waals surface area contributed by atoms with E-state index in [1.807, 2.05) is 6.92 Å². The Morgan fingerprint density at radius 1 is 1.07 bits per heavy atom. The lowest BCUT2D eigenvalue weighted by molar-refractivity contribution is 0.0990. The molecule has 3 heteroatoms. The summed E-state index contributed by atoms with van der Waals surface area (Å²) < 4.78 is 0. The lowest BCUT2D eigenvalue weighted by Gasteiger charge is -2.45. The molecule has 4 rings (SSSR count). The highest BCUT2D eigenvalue weighted by molar-refractivity contribution is 6.41. The number of Topliss-reactive ketones (excluding diaryl/α,β-unsaturated/α-hetero) is 2. The zero-order valence-electron chi connectivity index (χ0n) is 16.6. The first-order valence-electron chi connectivity index (χ1n) is 9.49. The van der Waals surface area contributed by atoms with Crippen molar-refractivity contribution in [2.24, 2.45) is 0 Å². The molecule has 2 aromatic rings. The number of fused-ring (bicyclic) bond motifs is 2. The van der Waals surface area contributed by atoms with Gasteiger partial charge >= 0.3 is 0 Å². The summed E-state index contributed by atoms with van der Waals surface area (Å²) in [5, 5.41) is 0. The number of hydrogen-bond acceptors (Lipinski definition) is 3. The molecule has 3 nitrogen and oxygen atoms in total. The lowest BCUT2D eigenvalue weighted by Crippen LogP contribution is -2.45. The van der Waals surface area contributed by atoms with Gasteiger partial charge in [0.15, 0.2) is 11.6 Å². The number of aryl methyl sites for hydroxylation is 1. The van der Waals surface area contributed by atoms with Crippen LogP contribution in [0.15, 0.2) is 42.0 Å². The number of carbonyl (C=O) groups excluding carboxylic acids is 2. The largest absolute Gasteiger partial charge is 0.369 e. The van der Waals surface area contributed by atoms with Gasteiger partial charge in [-0.05, 0) is 68.0 Å². The molecule has 0 spiro atoms. The van der Waals surface area contributed by atoms with Gasteiger partial charge in [-0.25, -0.2) is 0 Å². The van der Waals surface area contributed by atoms with Crippen molar-refractivity contribution in [1.29, 1.82) is 0 Å².